The molecule has 3 aromatic rings. The van der Waals surface area contributed by atoms with E-state index in [-0.39, 0.29) is 0 Å². The summed E-state index contributed by atoms with van der Waals surface area (Å²) >= 11 is 0. The van der Waals surface area contributed by atoms with Gasteiger partial charge in [-0.3, -0.25) is 4.90 Å². The Kier molecular flexibility index (Phi) is 4.44. The van der Waals surface area contributed by atoms with Crippen LogP contribution in [0, 0.1) is 6.92 Å². The fourth-order valence-corrected chi connectivity index (χ4v) is 3.30. The maximum Gasteiger partial charge on any atom is 0.159 e. The van der Waals surface area contributed by atoms with E-state index < -0.39 is 0 Å². The van der Waals surface area contributed by atoms with E-state index in [2.05, 4.69) is 63.5 Å². The number of nitrogens with zero attached hydrogens (tertiary/aromatic N) is 4. The largest absolute Gasteiger partial charge is 0.280 e. The topological polar surface area (TPSA) is 34.0 Å². The molecular formula is C21H22N4. The minimum Gasteiger partial charge on any atom is -0.280 e. The molecule has 0 bridgehead atoms. The van der Waals surface area contributed by atoms with Crippen molar-refractivity contribution >= 4 is 5.57 Å². The van der Waals surface area contributed by atoms with Crippen molar-refractivity contribution in [3.8, 4) is 11.4 Å². The molecule has 0 aliphatic carbocycles. The third-order valence-electron chi connectivity index (χ3n) is 4.58. The van der Waals surface area contributed by atoms with E-state index in [4.69, 9.17) is 0 Å². The van der Waals surface area contributed by atoms with Gasteiger partial charge in [0.2, 0.25) is 0 Å². The Labute approximate surface area is 148 Å². The van der Waals surface area contributed by atoms with Crippen LogP contribution in [0.5, 0.6) is 0 Å². The van der Waals surface area contributed by atoms with Gasteiger partial charge in [0.1, 0.15) is 5.82 Å². The Morgan fingerprint density at radius 3 is 2.24 bits per heavy atom. The molecule has 25 heavy (non-hydrogen) atoms. The summed E-state index contributed by atoms with van der Waals surface area (Å²) in [6, 6.07) is 20.9. The summed E-state index contributed by atoms with van der Waals surface area (Å²) in [5.74, 6) is 1.76. The van der Waals surface area contributed by atoms with Crippen molar-refractivity contribution in [3.63, 3.8) is 0 Å². The van der Waals surface area contributed by atoms with Crippen LogP contribution < -0.4 is 0 Å². The van der Waals surface area contributed by atoms with Crippen molar-refractivity contribution in [2.24, 2.45) is 0 Å². The molecule has 2 heterocycles. The van der Waals surface area contributed by atoms with E-state index in [1.165, 1.54) is 11.1 Å². The van der Waals surface area contributed by atoms with Gasteiger partial charge in [0, 0.05) is 18.7 Å². The van der Waals surface area contributed by atoms with Gasteiger partial charge in [-0.25, -0.2) is 9.67 Å². The van der Waals surface area contributed by atoms with E-state index in [1.54, 1.807) is 0 Å². The molecule has 0 amide bonds. The zero-order chi connectivity index (χ0) is 17.1. The summed E-state index contributed by atoms with van der Waals surface area (Å²) < 4.78 is 2.02. The molecule has 0 atom stereocenters. The molecule has 0 saturated heterocycles. The fourth-order valence-electron chi connectivity index (χ4n) is 3.30. The Bertz CT molecular complexity index is 865. The third-order valence-corrected chi connectivity index (χ3v) is 4.58. The number of hydrogen-bond donors (Lipinski definition) is 0. The molecular weight excluding hydrogens is 308 g/mol. The lowest BCUT2D eigenvalue weighted by molar-refractivity contribution is 0.229. The molecule has 0 spiro atoms. The summed E-state index contributed by atoms with van der Waals surface area (Å²) in [5, 5.41) is 4.60. The van der Waals surface area contributed by atoms with Gasteiger partial charge < -0.3 is 0 Å². The second kappa shape index (κ2) is 7.03. The van der Waals surface area contributed by atoms with Crippen LogP contribution in [0.15, 0.2) is 66.7 Å². The zero-order valence-electron chi connectivity index (χ0n) is 14.5. The minimum atomic E-state index is 0.767. The van der Waals surface area contributed by atoms with Crippen LogP contribution in [-0.2, 0) is 6.67 Å². The first kappa shape index (κ1) is 15.8. The normalized spacial score (nSPS) is 15.2. The minimum absolute atomic E-state index is 0.767. The molecule has 1 aliphatic rings. The molecule has 1 aromatic heterocycles. The van der Waals surface area contributed by atoms with E-state index in [0.717, 1.165) is 43.4 Å². The molecule has 4 nitrogen and oxygen atoms in total. The summed E-state index contributed by atoms with van der Waals surface area (Å²) in [6.45, 7) is 4.70. The van der Waals surface area contributed by atoms with Gasteiger partial charge in [-0.1, -0.05) is 66.7 Å². The molecule has 4 heteroatoms. The predicted molar refractivity (Wildman–Crippen MR) is 101 cm³/mol. The van der Waals surface area contributed by atoms with Crippen molar-refractivity contribution in [2.75, 3.05) is 13.1 Å². The second-order valence-corrected chi connectivity index (χ2v) is 6.41. The van der Waals surface area contributed by atoms with Crippen LogP contribution in [0.2, 0.25) is 0 Å². The Hall–Kier alpha value is -2.72. The number of hydrogen-bond acceptors (Lipinski definition) is 3. The number of rotatable bonds is 4. The van der Waals surface area contributed by atoms with Gasteiger partial charge in [-0.2, -0.15) is 5.10 Å². The zero-order valence-corrected chi connectivity index (χ0v) is 14.5. The lowest BCUT2D eigenvalue weighted by Crippen LogP contribution is -2.31. The fraction of sp³-hybridized carbons (Fsp3) is 0.238. The maximum absolute atomic E-state index is 4.62. The van der Waals surface area contributed by atoms with E-state index in [9.17, 15) is 0 Å². The van der Waals surface area contributed by atoms with Gasteiger partial charge >= 0.3 is 0 Å². The first-order valence-electron chi connectivity index (χ1n) is 8.73. The SMILES string of the molecule is Cc1nc(-c2ccccc2)n(CN2CC=C(c3ccccc3)CC2)n1. The highest BCUT2D eigenvalue weighted by Gasteiger charge is 2.16. The van der Waals surface area contributed by atoms with E-state index in [1.807, 2.05) is 29.8 Å². The van der Waals surface area contributed by atoms with Gasteiger partial charge in [0.25, 0.3) is 0 Å². The summed E-state index contributed by atoms with van der Waals surface area (Å²) in [6.07, 6.45) is 3.41. The molecule has 0 saturated carbocycles. The smallest absolute Gasteiger partial charge is 0.159 e. The molecule has 4 rings (SSSR count). The van der Waals surface area contributed by atoms with Crippen LogP contribution in [0.25, 0.3) is 17.0 Å². The lowest BCUT2D eigenvalue weighted by atomic mass is 10.00. The molecule has 0 fully saturated rings. The van der Waals surface area contributed by atoms with E-state index in [0.29, 0.717) is 0 Å². The van der Waals surface area contributed by atoms with Crippen LogP contribution in [0.3, 0.4) is 0 Å². The molecule has 0 radical (unpaired) electrons. The third kappa shape index (κ3) is 3.54. The average molecular weight is 330 g/mol. The first-order valence-corrected chi connectivity index (χ1v) is 8.73. The molecule has 1 aliphatic heterocycles. The molecule has 126 valence electrons. The predicted octanol–water partition coefficient (Wildman–Crippen LogP) is 4.00. The molecule has 0 unspecified atom stereocenters. The number of aryl methyl sites for hydroxylation is 1. The summed E-state index contributed by atoms with van der Waals surface area (Å²) in [4.78, 5) is 7.03. The van der Waals surface area contributed by atoms with Crippen molar-refractivity contribution in [3.05, 3.63) is 78.1 Å². The van der Waals surface area contributed by atoms with Crippen molar-refractivity contribution in [1.82, 2.24) is 19.7 Å². The first-order chi connectivity index (χ1) is 12.3. The van der Waals surface area contributed by atoms with Crippen molar-refractivity contribution in [2.45, 2.75) is 20.0 Å². The van der Waals surface area contributed by atoms with Crippen molar-refractivity contribution < 1.29 is 0 Å². The second-order valence-electron chi connectivity index (χ2n) is 6.41. The van der Waals surface area contributed by atoms with Gasteiger partial charge in [-0.05, 0) is 24.5 Å². The maximum atomic E-state index is 4.62. The van der Waals surface area contributed by atoms with Crippen LogP contribution in [-0.4, -0.2) is 32.8 Å². The molecule has 2 aromatic carbocycles. The van der Waals surface area contributed by atoms with Crippen LogP contribution in [0.1, 0.15) is 17.8 Å². The quantitative estimate of drug-likeness (QED) is 0.725. The Morgan fingerprint density at radius 2 is 1.60 bits per heavy atom. The highest BCUT2D eigenvalue weighted by atomic mass is 15.4. The van der Waals surface area contributed by atoms with Crippen molar-refractivity contribution in [1.29, 1.82) is 0 Å². The van der Waals surface area contributed by atoms with Crippen LogP contribution in [0.4, 0.5) is 0 Å². The number of aromatic nitrogens is 3. The van der Waals surface area contributed by atoms with Gasteiger partial charge in [0.15, 0.2) is 5.82 Å². The average Bonchev–Trinajstić information content (AvgIpc) is 3.04. The lowest BCUT2D eigenvalue weighted by Gasteiger charge is -2.26. The molecule has 0 N–H and O–H groups in total. The van der Waals surface area contributed by atoms with Crippen LogP contribution >= 0.6 is 0 Å². The van der Waals surface area contributed by atoms with Gasteiger partial charge in [0.05, 0.1) is 6.67 Å². The van der Waals surface area contributed by atoms with E-state index >= 15 is 0 Å². The Morgan fingerprint density at radius 1 is 0.920 bits per heavy atom. The summed E-state index contributed by atoms with van der Waals surface area (Å²) in [5.41, 5.74) is 3.89. The standard InChI is InChI=1S/C21H22N4/c1-17-22-21(20-10-6-3-7-11-20)25(23-17)16-24-14-12-19(13-15-24)18-8-4-2-5-9-18/h2-12H,13-16H2,1H3. The van der Waals surface area contributed by atoms with Gasteiger partial charge in [-0.15, -0.1) is 0 Å². The highest BCUT2D eigenvalue weighted by molar-refractivity contribution is 5.66. The number of benzene rings is 2. The monoisotopic (exact) mass is 330 g/mol. The summed E-state index contributed by atoms with van der Waals surface area (Å²) in [7, 11) is 0. The Balaban J connectivity index is 1.50. The highest BCUT2D eigenvalue weighted by Crippen LogP contribution is 2.23.